The van der Waals surface area contributed by atoms with E-state index in [2.05, 4.69) is 31.3 Å². The Kier molecular flexibility index (Phi) is 5.99. The highest BCUT2D eigenvalue weighted by Gasteiger charge is 2.18. The first kappa shape index (κ1) is 14.0. The fourth-order valence-electron chi connectivity index (χ4n) is 1.26. The van der Waals surface area contributed by atoms with Gasteiger partial charge in [-0.2, -0.15) is 0 Å². The quantitative estimate of drug-likeness (QED) is 0.348. The molecule has 17 heavy (non-hydrogen) atoms. The molecule has 3 N–H and O–H groups in total. The second kappa shape index (κ2) is 7.29. The maximum absolute atomic E-state index is 11.3. The number of nitrogens with zero attached hydrogens (tertiary/aromatic N) is 3. The van der Waals surface area contributed by atoms with Crippen molar-refractivity contribution >= 4 is 33.2 Å². The summed E-state index contributed by atoms with van der Waals surface area (Å²) >= 11 is 4.79. The second-order valence-electron chi connectivity index (χ2n) is 3.26. The van der Waals surface area contributed by atoms with Gasteiger partial charge in [-0.3, -0.25) is 4.79 Å². The minimum Gasteiger partial charge on any atom is -0.368 e. The highest BCUT2D eigenvalue weighted by molar-refractivity contribution is 9.10. The number of azide groups is 1. The minimum atomic E-state index is -0.489. The van der Waals surface area contributed by atoms with Crippen LogP contribution >= 0.6 is 27.3 Å². The van der Waals surface area contributed by atoms with Crippen molar-refractivity contribution in [3.05, 3.63) is 31.2 Å². The molecule has 0 fully saturated rings. The van der Waals surface area contributed by atoms with Crippen LogP contribution in [0.4, 0.5) is 0 Å². The van der Waals surface area contributed by atoms with E-state index in [1.54, 1.807) is 0 Å². The number of rotatable bonds is 7. The zero-order valence-corrected chi connectivity index (χ0v) is 11.4. The molecule has 0 radical (unpaired) electrons. The fourth-order valence-corrected chi connectivity index (χ4v) is 2.79. The molecule has 1 unspecified atom stereocenters. The smallest absolute Gasteiger partial charge is 0.239 e. The molecule has 0 bridgehead atoms. The van der Waals surface area contributed by atoms with Crippen LogP contribution in [0.15, 0.2) is 21.0 Å². The van der Waals surface area contributed by atoms with Gasteiger partial charge in [-0.1, -0.05) is 5.11 Å². The van der Waals surface area contributed by atoms with Crippen LogP contribution in [0.3, 0.4) is 0 Å². The lowest BCUT2D eigenvalue weighted by molar-refractivity contribution is -0.120. The van der Waals surface area contributed by atoms with Crippen molar-refractivity contribution in [1.82, 2.24) is 5.32 Å². The standard InChI is InChI=1S/C9H12BrN5OS/c10-6-4-7(17-5-6)8(9(11)16)13-2-1-3-14-15-12/h4-5,8,13H,1-3H2,(H2,11,16). The van der Waals surface area contributed by atoms with Crippen molar-refractivity contribution in [2.45, 2.75) is 12.5 Å². The van der Waals surface area contributed by atoms with Crippen LogP contribution < -0.4 is 11.1 Å². The first-order valence-electron chi connectivity index (χ1n) is 4.92. The summed E-state index contributed by atoms with van der Waals surface area (Å²) in [6, 6.07) is 1.37. The van der Waals surface area contributed by atoms with Crippen LogP contribution in [0, 0.1) is 0 Å². The largest absolute Gasteiger partial charge is 0.368 e. The first-order valence-corrected chi connectivity index (χ1v) is 6.60. The highest BCUT2D eigenvalue weighted by atomic mass is 79.9. The molecular formula is C9H12BrN5OS. The van der Waals surface area contributed by atoms with E-state index in [-0.39, 0.29) is 0 Å². The average molecular weight is 318 g/mol. The van der Waals surface area contributed by atoms with E-state index in [1.807, 2.05) is 11.4 Å². The zero-order valence-electron chi connectivity index (χ0n) is 8.97. The summed E-state index contributed by atoms with van der Waals surface area (Å²) in [5, 5.41) is 8.35. The van der Waals surface area contributed by atoms with Crippen LogP contribution in [-0.4, -0.2) is 19.0 Å². The van der Waals surface area contributed by atoms with Gasteiger partial charge in [-0.15, -0.1) is 11.3 Å². The molecule has 92 valence electrons. The molecule has 0 saturated carbocycles. The number of hydrogen-bond acceptors (Lipinski definition) is 4. The van der Waals surface area contributed by atoms with Gasteiger partial charge in [0.2, 0.25) is 5.91 Å². The van der Waals surface area contributed by atoms with Crippen molar-refractivity contribution < 1.29 is 4.79 Å². The highest BCUT2D eigenvalue weighted by Crippen LogP contribution is 2.25. The monoisotopic (exact) mass is 317 g/mol. The molecule has 1 heterocycles. The second-order valence-corrected chi connectivity index (χ2v) is 5.12. The molecule has 0 aliphatic carbocycles. The van der Waals surface area contributed by atoms with Crippen LogP contribution in [0.2, 0.25) is 0 Å². The number of thiophene rings is 1. The van der Waals surface area contributed by atoms with Crippen LogP contribution in [0.25, 0.3) is 10.4 Å². The van der Waals surface area contributed by atoms with Gasteiger partial charge in [0.1, 0.15) is 6.04 Å². The van der Waals surface area contributed by atoms with E-state index in [9.17, 15) is 4.79 Å². The molecule has 1 aromatic rings. The lowest BCUT2D eigenvalue weighted by atomic mass is 10.2. The Bertz CT molecular complexity index is 429. The van der Waals surface area contributed by atoms with E-state index in [0.29, 0.717) is 19.5 Å². The maximum atomic E-state index is 11.3. The van der Waals surface area contributed by atoms with Crippen LogP contribution in [0.1, 0.15) is 17.3 Å². The molecule has 0 aliphatic heterocycles. The first-order chi connectivity index (χ1) is 8.15. The summed E-state index contributed by atoms with van der Waals surface area (Å²) in [7, 11) is 0. The number of carbonyl (C=O) groups is 1. The summed E-state index contributed by atoms with van der Waals surface area (Å²) in [6.07, 6.45) is 0.667. The number of nitrogens with one attached hydrogen (secondary N) is 1. The Morgan fingerprint density at radius 3 is 3.06 bits per heavy atom. The van der Waals surface area contributed by atoms with Gasteiger partial charge >= 0.3 is 0 Å². The van der Waals surface area contributed by atoms with Crippen molar-refractivity contribution in [3.8, 4) is 0 Å². The van der Waals surface area contributed by atoms with E-state index in [1.165, 1.54) is 11.3 Å². The summed E-state index contributed by atoms with van der Waals surface area (Å²) in [5.41, 5.74) is 13.4. The van der Waals surface area contributed by atoms with Gasteiger partial charge in [0.15, 0.2) is 0 Å². The predicted octanol–water partition coefficient (Wildman–Crippen LogP) is 2.33. The Balaban J connectivity index is 2.50. The lowest BCUT2D eigenvalue weighted by Gasteiger charge is -2.13. The van der Waals surface area contributed by atoms with Gasteiger partial charge < -0.3 is 11.1 Å². The van der Waals surface area contributed by atoms with Gasteiger partial charge in [-0.25, -0.2) is 0 Å². The number of nitrogens with two attached hydrogens (primary N) is 1. The van der Waals surface area contributed by atoms with Crippen molar-refractivity contribution in [1.29, 1.82) is 0 Å². The molecule has 8 heteroatoms. The number of carbonyl (C=O) groups excluding carboxylic acids is 1. The molecule has 0 aliphatic rings. The van der Waals surface area contributed by atoms with Crippen LogP contribution in [0.5, 0.6) is 0 Å². The Morgan fingerprint density at radius 2 is 2.53 bits per heavy atom. The van der Waals surface area contributed by atoms with Gasteiger partial charge in [0, 0.05) is 26.2 Å². The molecule has 0 spiro atoms. The molecule has 0 saturated heterocycles. The molecular weight excluding hydrogens is 306 g/mol. The number of hydrogen-bond donors (Lipinski definition) is 2. The van der Waals surface area contributed by atoms with Crippen molar-refractivity contribution in [2.75, 3.05) is 13.1 Å². The average Bonchev–Trinajstić information content (AvgIpc) is 2.69. The summed E-state index contributed by atoms with van der Waals surface area (Å²) in [6.45, 7) is 0.977. The Labute approximate surface area is 111 Å². The van der Waals surface area contributed by atoms with E-state index < -0.39 is 11.9 Å². The molecule has 1 amide bonds. The lowest BCUT2D eigenvalue weighted by Crippen LogP contribution is -2.33. The molecule has 1 rings (SSSR count). The molecule has 6 nitrogen and oxygen atoms in total. The maximum Gasteiger partial charge on any atom is 0.239 e. The minimum absolute atomic E-state index is 0.406. The predicted molar refractivity (Wildman–Crippen MR) is 70.6 cm³/mol. The Morgan fingerprint density at radius 1 is 1.76 bits per heavy atom. The normalized spacial score (nSPS) is 11.8. The fraction of sp³-hybridized carbons (Fsp3) is 0.444. The third kappa shape index (κ3) is 4.74. The zero-order chi connectivity index (χ0) is 12.7. The summed E-state index contributed by atoms with van der Waals surface area (Å²) < 4.78 is 0.930. The number of primary amides is 1. The summed E-state index contributed by atoms with van der Waals surface area (Å²) in [4.78, 5) is 14.8. The SMILES string of the molecule is [N-]=[N+]=NCCCNC(C(N)=O)c1cc(Br)cs1. The number of halogens is 1. The Hall–Kier alpha value is -1.08. The number of amides is 1. The van der Waals surface area contributed by atoms with E-state index in [0.717, 1.165) is 9.35 Å². The third-order valence-corrected chi connectivity index (χ3v) is 3.76. The van der Waals surface area contributed by atoms with E-state index in [4.69, 9.17) is 11.3 Å². The molecule has 0 aromatic carbocycles. The van der Waals surface area contributed by atoms with Gasteiger partial charge in [-0.05, 0) is 40.5 Å². The van der Waals surface area contributed by atoms with E-state index >= 15 is 0 Å². The molecule has 1 atom stereocenters. The third-order valence-electron chi connectivity index (χ3n) is 2.00. The topological polar surface area (TPSA) is 104 Å². The van der Waals surface area contributed by atoms with Gasteiger partial charge in [0.05, 0.1) is 0 Å². The van der Waals surface area contributed by atoms with Crippen molar-refractivity contribution in [2.24, 2.45) is 10.8 Å². The van der Waals surface area contributed by atoms with Gasteiger partial charge in [0.25, 0.3) is 0 Å². The van der Waals surface area contributed by atoms with Crippen LogP contribution in [-0.2, 0) is 4.79 Å². The summed E-state index contributed by atoms with van der Waals surface area (Å²) in [5.74, 6) is -0.414. The van der Waals surface area contributed by atoms with Crippen molar-refractivity contribution in [3.63, 3.8) is 0 Å². The molecule has 1 aromatic heterocycles.